The predicted molar refractivity (Wildman–Crippen MR) is 126 cm³/mol. The van der Waals surface area contributed by atoms with Gasteiger partial charge in [0.2, 0.25) is 0 Å². The molecule has 1 heterocycles. The minimum atomic E-state index is -0.203. The van der Waals surface area contributed by atoms with E-state index in [1.165, 1.54) is 24.9 Å². The van der Waals surface area contributed by atoms with E-state index in [2.05, 4.69) is 22.3 Å². The van der Waals surface area contributed by atoms with E-state index in [1.54, 1.807) is 18.2 Å². The number of nitrogens with zero attached hydrogens (tertiary/aromatic N) is 1. The Balaban J connectivity index is 1.51. The second-order valence-electron chi connectivity index (χ2n) is 8.13. The van der Waals surface area contributed by atoms with E-state index in [0.717, 1.165) is 24.2 Å². The molecule has 4 rings (SSSR count). The van der Waals surface area contributed by atoms with Gasteiger partial charge in [-0.1, -0.05) is 42.5 Å². The topological polar surface area (TPSA) is 49.4 Å². The van der Waals surface area contributed by atoms with Gasteiger partial charge in [-0.15, -0.1) is 0 Å². The van der Waals surface area contributed by atoms with Gasteiger partial charge < -0.3 is 10.2 Å². The summed E-state index contributed by atoms with van der Waals surface area (Å²) >= 11 is 0. The largest absolute Gasteiger partial charge is 0.372 e. The van der Waals surface area contributed by atoms with E-state index in [-0.39, 0.29) is 11.7 Å². The number of hydrogen-bond donors (Lipinski definition) is 1. The maximum Gasteiger partial charge on any atom is 0.255 e. The first-order chi connectivity index (χ1) is 15.1. The van der Waals surface area contributed by atoms with Gasteiger partial charge in [0.1, 0.15) is 0 Å². The van der Waals surface area contributed by atoms with Crippen molar-refractivity contribution in [1.82, 2.24) is 0 Å². The highest BCUT2D eigenvalue weighted by Gasteiger charge is 2.17. The smallest absolute Gasteiger partial charge is 0.255 e. The zero-order valence-electron chi connectivity index (χ0n) is 17.9. The average Bonchev–Trinajstić information content (AvgIpc) is 2.80. The van der Waals surface area contributed by atoms with Gasteiger partial charge in [0.15, 0.2) is 5.78 Å². The highest BCUT2D eigenvalue weighted by molar-refractivity contribution is 6.10. The van der Waals surface area contributed by atoms with E-state index in [9.17, 15) is 9.59 Å². The van der Waals surface area contributed by atoms with Crippen molar-refractivity contribution < 1.29 is 9.59 Å². The summed E-state index contributed by atoms with van der Waals surface area (Å²) in [4.78, 5) is 28.3. The van der Waals surface area contributed by atoms with Gasteiger partial charge in [-0.2, -0.15) is 0 Å². The molecule has 4 nitrogen and oxygen atoms in total. The molecule has 1 aliphatic heterocycles. The molecule has 0 unspecified atom stereocenters. The summed E-state index contributed by atoms with van der Waals surface area (Å²) in [5.41, 5.74) is 4.78. The van der Waals surface area contributed by atoms with Crippen molar-refractivity contribution in [3.63, 3.8) is 0 Å². The summed E-state index contributed by atoms with van der Waals surface area (Å²) in [5, 5.41) is 2.93. The minimum Gasteiger partial charge on any atom is -0.372 e. The standard InChI is InChI=1S/C27H28N2O2/c1-20-10-3-4-13-23(20)27(31)28-25-15-6-5-14-24(25)26(30)19-21-11-9-12-22(18-21)29-16-7-2-8-17-29/h3-6,9-15,18H,2,7-8,16-17,19H2,1H3,(H,28,31). The van der Waals surface area contributed by atoms with Gasteiger partial charge in [-0.05, 0) is 67.6 Å². The molecule has 1 N–H and O–H groups in total. The Labute approximate surface area is 183 Å². The number of para-hydroxylation sites is 1. The van der Waals surface area contributed by atoms with Crippen LogP contribution in [0.15, 0.2) is 72.8 Å². The Morgan fingerprint density at radius 3 is 2.32 bits per heavy atom. The average molecular weight is 413 g/mol. The molecule has 0 aliphatic carbocycles. The van der Waals surface area contributed by atoms with Crippen LogP contribution in [0.25, 0.3) is 0 Å². The van der Waals surface area contributed by atoms with Crippen LogP contribution in [0, 0.1) is 6.92 Å². The Kier molecular flexibility index (Phi) is 6.46. The fourth-order valence-corrected chi connectivity index (χ4v) is 4.15. The van der Waals surface area contributed by atoms with Crippen LogP contribution in [0.1, 0.15) is 51.1 Å². The third-order valence-corrected chi connectivity index (χ3v) is 5.86. The fourth-order valence-electron chi connectivity index (χ4n) is 4.15. The molecule has 0 bridgehead atoms. The summed E-state index contributed by atoms with van der Waals surface area (Å²) < 4.78 is 0. The molecule has 0 atom stereocenters. The van der Waals surface area contributed by atoms with Crippen LogP contribution >= 0.6 is 0 Å². The van der Waals surface area contributed by atoms with Crippen LogP contribution < -0.4 is 10.2 Å². The van der Waals surface area contributed by atoms with Gasteiger partial charge in [0.25, 0.3) is 5.91 Å². The molecule has 3 aromatic carbocycles. The van der Waals surface area contributed by atoms with Crippen LogP contribution in [-0.4, -0.2) is 24.8 Å². The molecule has 1 amide bonds. The van der Waals surface area contributed by atoms with Crippen molar-refractivity contribution in [2.45, 2.75) is 32.6 Å². The summed E-state index contributed by atoms with van der Waals surface area (Å²) in [6, 6.07) is 22.9. The highest BCUT2D eigenvalue weighted by Crippen LogP contribution is 2.23. The van der Waals surface area contributed by atoms with Gasteiger partial charge >= 0.3 is 0 Å². The molecule has 1 aliphatic rings. The number of carbonyl (C=O) groups excluding carboxylic acids is 2. The number of Topliss-reactive ketones (excluding diaryl/α,β-unsaturated/α-hetero) is 1. The maximum absolute atomic E-state index is 13.1. The second-order valence-corrected chi connectivity index (χ2v) is 8.13. The molecule has 3 aromatic rings. The number of aryl methyl sites for hydroxylation is 1. The van der Waals surface area contributed by atoms with Crippen molar-refractivity contribution in [3.05, 3.63) is 95.1 Å². The summed E-state index contributed by atoms with van der Waals surface area (Å²) in [7, 11) is 0. The van der Waals surface area contributed by atoms with Gasteiger partial charge in [-0.25, -0.2) is 0 Å². The number of hydrogen-bond acceptors (Lipinski definition) is 3. The van der Waals surface area contributed by atoms with E-state index in [4.69, 9.17) is 0 Å². The number of anilines is 2. The Bertz CT molecular complexity index is 1080. The predicted octanol–water partition coefficient (Wildman–Crippen LogP) is 5.66. The van der Waals surface area contributed by atoms with Crippen LogP contribution in [0.2, 0.25) is 0 Å². The molecule has 4 heteroatoms. The summed E-state index contributed by atoms with van der Waals surface area (Å²) in [6.07, 6.45) is 4.03. The number of ketones is 1. The number of benzene rings is 3. The third-order valence-electron chi connectivity index (χ3n) is 5.86. The molecular formula is C27H28N2O2. The molecule has 0 aromatic heterocycles. The number of rotatable bonds is 6. The first-order valence-electron chi connectivity index (χ1n) is 10.9. The molecule has 0 spiro atoms. The lowest BCUT2D eigenvalue weighted by atomic mass is 10.00. The van der Waals surface area contributed by atoms with Crippen molar-refractivity contribution in [2.24, 2.45) is 0 Å². The van der Waals surface area contributed by atoms with E-state index >= 15 is 0 Å². The normalized spacial score (nSPS) is 13.6. The van der Waals surface area contributed by atoms with Crippen LogP contribution in [0.4, 0.5) is 11.4 Å². The Morgan fingerprint density at radius 1 is 0.839 bits per heavy atom. The third kappa shape index (κ3) is 5.02. The van der Waals surface area contributed by atoms with Crippen LogP contribution in [0.5, 0.6) is 0 Å². The molecule has 1 fully saturated rings. The SMILES string of the molecule is Cc1ccccc1C(=O)Nc1ccccc1C(=O)Cc1cccc(N2CCCCC2)c1. The molecule has 158 valence electrons. The zero-order chi connectivity index (χ0) is 21.6. The minimum absolute atomic E-state index is 0.00326. The van der Waals surface area contributed by atoms with Crippen molar-refractivity contribution in [2.75, 3.05) is 23.3 Å². The molecule has 1 saturated heterocycles. The lowest BCUT2D eigenvalue weighted by Gasteiger charge is -2.29. The van der Waals surface area contributed by atoms with E-state index in [1.807, 2.05) is 49.4 Å². The zero-order valence-corrected chi connectivity index (χ0v) is 17.9. The number of carbonyl (C=O) groups is 2. The Hall–Kier alpha value is -3.40. The van der Waals surface area contributed by atoms with Crippen LogP contribution in [-0.2, 0) is 6.42 Å². The molecule has 0 radical (unpaired) electrons. The summed E-state index contributed by atoms with van der Waals surface area (Å²) in [6.45, 7) is 4.05. The highest BCUT2D eigenvalue weighted by atomic mass is 16.1. The quantitative estimate of drug-likeness (QED) is 0.531. The van der Waals surface area contributed by atoms with E-state index < -0.39 is 0 Å². The van der Waals surface area contributed by atoms with Crippen molar-refractivity contribution in [3.8, 4) is 0 Å². The number of piperidine rings is 1. The number of amides is 1. The van der Waals surface area contributed by atoms with Crippen molar-refractivity contribution >= 4 is 23.1 Å². The maximum atomic E-state index is 13.1. The van der Waals surface area contributed by atoms with Crippen molar-refractivity contribution in [1.29, 1.82) is 0 Å². The first-order valence-corrected chi connectivity index (χ1v) is 10.9. The lowest BCUT2D eigenvalue weighted by Crippen LogP contribution is -2.29. The molecule has 0 saturated carbocycles. The van der Waals surface area contributed by atoms with Gasteiger partial charge in [0, 0.05) is 36.3 Å². The second kappa shape index (κ2) is 9.61. The first kappa shape index (κ1) is 20.9. The molecule has 31 heavy (non-hydrogen) atoms. The van der Waals surface area contributed by atoms with Gasteiger partial charge in [0.05, 0.1) is 5.69 Å². The monoisotopic (exact) mass is 412 g/mol. The van der Waals surface area contributed by atoms with Crippen LogP contribution in [0.3, 0.4) is 0 Å². The summed E-state index contributed by atoms with van der Waals surface area (Å²) in [5.74, 6) is -0.207. The Morgan fingerprint density at radius 2 is 1.55 bits per heavy atom. The number of nitrogens with one attached hydrogen (secondary N) is 1. The van der Waals surface area contributed by atoms with E-state index in [0.29, 0.717) is 23.2 Å². The fraction of sp³-hybridized carbons (Fsp3) is 0.259. The lowest BCUT2D eigenvalue weighted by molar-refractivity contribution is 0.0994. The van der Waals surface area contributed by atoms with Gasteiger partial charge in [-0.3, -0.25) is 9.59 Å². The molecular weight excluding hydrogens is 384 g/mol.